The van der Waals surface area contributed by atoms with Crippen LogP contribution in [0, 0.1) is 6.92 Å². The van der Waals surface area contributed by atoms with Gasteiger partial charge in [-0.2, -0.15) is 0 Å². The van der Waals surface area contributed by atoms with Crippen LogP contribution in [0.25, 0.3) is 0 Å². The number of ether oxygens (including phenoxy) is 2. The molecule has 20 heavy (non-hydrogen) atoms. The highest BCUT2D eigenvalue weighted by atomic mass is 35.5. The van der Waals surface area contributed by atoms with Crippen LogP contribution >= 0.6 is 11.6 Å². The number of nitrogen functional groups attached to an aromatic ring is 1. The molecule has 0 radical (unpaired) electrons. The molecule has 0 saturated carbocycles. The van der Waals surface area contributed by atoms with E-state index in [0.717, 1.165) is 5.56 Å². The molecule has 106 valence electrons. The molecule has 2 rings (SSSR count). The van der Waals surface area contributed by atoms with E-state index >= 15 is 0 Å². The van der Waals surface area contributed by atoms with Crippen molar-refractivity contribution >= 4 is 28.8 Å². The summed E-state index contributed by atoms with van der Waals surface area (Å²) in [6, 6.07) is 5.29. The fourth-order valence-corrected chi connectivity index (χ4v) is 2.04. The van der Waals surface area contributed by atoms with E-state index in [2.05, 4.69) is 10.3 Å². The lowest BCUT2D eigenvalue weighted by atomic mass is 10.2. The number of nitrogens with zero attached hydrogens (tertiary/aromatic N) is 1. The summed E-state index contributed by atoms with van der Waals surface area (Å²) in [5, 5.41) is 3.67. The third-order valence-corrected chi connectivity index (χ3v) is 3.12. The maximum Gasteiger partial charge on any atom is 0.144 e. The maximum atomic E-state index is 6.07. The zero-order chi connectivity index (χ0) is 14.7. The standard InChI is InChI=1S/C14H16ClN3O2/c1-8-4-9(16)7-17-14(8)18-11-6-12(19-2)10(15)5-13(11)20-3/h4-7H,16H2,1-3H3,(H,17,18). The lowest BCUT2D eigenvalue weighted by molar-refractivity contribution is 0.405. The van der Waals surface area contributed by atoms with Crippen molar-refractivity contribution in [2.45, 2.75) is 6.92 Å². The first-order valence-corrected chi connectivity index (χ1v) is 6.33. The van der Waals surface area contributed by atoms with Crippen molar-refractivity contribution in [1.29, 1.82) is 0 Å². The Hall–Kier alpha value is -2.14. The van der Waals surface area contributed by atoms with Crippen LogP contribution in [0.2, 0.25) is 5.02 Å². The Bertz CT molecular complexity index is 632. The summed E-state index contributed by atoms with van der Waals surface area (Å²) in [4.78, 5) is 4.26. The normalized spacial score (nSPS) is 10.2. The van der Waals surface area contributed by atoms with Crippen LogP contribution in [0.3, 0.4) is 0 Å². The van der Waals surface area contributed by atoms with Crippen molar-refractivity contribution < 1.29 is 9.47 Å². The molecule has 0 spiro atoms. The van der Waals surface area contributed by atoms with Crippen LogP contribution in [0.4, 0.5) is 17.2 Å². The number of hydrogen-bond donors (Lipinski definition) is 2. The number of aryl methyl sites for hydroxylation is 1. The molecule has 0 bridgehead atoms. The van der Waals surface area contributed by atoms with Crippen LogP contribution in [-0.2, 0) is 0 Å². The topological polar surface area (TPSA) is 69.4 Å². The van der Waals surface area contributed by atoms with E-state index in [1.807, 2.05) is 13.0 Å². The van der Waals surface area contributed by atoms with Crippen LogP contribution < -0.4 is 20.5 Å². The van der Waals surface area contributed by atoms with Gasteiger partial charge in [-0.1, -0.05) is 11.6 Å². The van der Waals surface area contributed by atoms with Gasteiger partial charge in [0, 0.05) is 12.1 Å². The van der Waals surface area contributed by atoms with Gasteiger partial charge in [-0.05, 0) is 18.6 Å². The molecule has 0 aliphatic heterocycles. The zero-order valence-electron chi connectivity index (χ0n) is 11.5. The highest BCUT2D eigenvalue weighted by molar-refractivity contribution is 6.32. The Labute approximate surface area is 122 Å². The van der Waals surface area contributed by atoms with Crippen molar-refractivity contribution in [2.24, 2.45) is 0 Å². The number of pyridine rings is 1. The maximum absolute atomic E-state index is 6.07. The number of benzene rings is 1. The molecular weight excluding hydrogens is 278 g/mol. The van der Waals surface area contributed by atoms with Crippen LogP contribution in [-0.4, -0.2) is 19.2 Å². The van der Waals surface area contributed by atoms with Gasteiger partial charge in [-0.25, -0.2) is 4.98 Å². The van der Waals surface area contributed by atoms with E-state index in [-0.39, 0.29) is 0 Å². The summed E-state index contributed by atoms with van der Waals surface area (Å²) in [5.41, 5.74) is 7.96. The molecule has 1 aromatic carbocycles. The first-order chi connectivity index (χ1) is 9.55. The summed E-state index contributed by atoms with van der Waals surface area (Å²) in [5.74, 6) is 1.86. The highest BCUT2D eigenvalue weighted by Gasteiger charge is 2.11. The van der Waals surface area contributed by atoms with Gasteiger partial charge in [-0.15, -0.1) is 0 Å². The van der Waals surface area contributed by atoms with Crippen molar-refractivity contribution in [1.82, 2.24) is 4.98 Å². The van der Waals surface area contributed by atoms with Gasteiger partial charge in [0.05, 0.1) is 36.8 Å². The predicted molar refractivity (Wildman–Crippen MR) is 81.2 cm³/mol. The average Bonchev–Trinajstić information content (AvgIpc) is 2.43. The molecule has 3 N–H and O–H groups in total. The summed E-state index contributed by atoms with van der Waals surface area (Å²) in [6.07, 6.45) is 1.59. The summed E-state index contributed by atoms with van der Waals surface area (Å²) >= 11 is 6.07. The minimum absolute atomic E-state index is 0.483. The average molecular weight is 294 g/mol. The van der Waals surface area contributed by atoms with Crippen molar-refractivity contribution in [3.8, 4) is 11.5 Å². The number of aromatic nitrogens is 1. The molecule has 6 heteroatoms. The van der Waals surface area contributed by atoms with Gasteiger partial charge in [0.15, 0.2) is 0 Å². The fraction of sp³-hybridized carbons (Fsp3) is 0.214. The first-order valence-electron chi connectivity index (χ1n) is 5.95. The predicted octanol–water partition coefficient (Wildman–Crippen LogP) is 3.39. The molecule has 0 atom stereocenters. The molecule has 0 saturated heterocycles. The van der Waals surface area contributed by atoms with E-state index < -0.39 is 0 Å². The number of hydrogen-bond acceptors (Lipinski definition) is 5. The van der Waals surface area contributed by atoms with E-state index in [1.165, 1.54) is 0 Å². The van der Waals surface area contributed by atoms with Gasteiger partial charge in [-0.3, -0.25) is 0 Å². The number of halogens is 1. The number of methoxy groups -OCH3 is 2. The number of nitrogens with two attached hydrogens (primary N) is 1. The van der Waals surface area contributed by atoms with E-state index in [4.69, 9.17) is 26.8 Å². The summed E-state index contributed by atoms with van der Waals surface area (Å²) in [7, 11) is 3.14. The molecule has 0 aliphatic carbocycles. The quantitative estimate of drug-likeness (QED) is 0.904. The first kappa shape index (κ1) is 14.3. The minimum Gasteiger partial charge on any atom is -0.495 e. The second kappa shape index (κ2) is 5.88. The van der Waals surface area contributed by atoms with Crippen molar-refractivity contribution in [3.63, 3.8) is 0 Å². The molecular formula is C14H16ClN3O2. The van der Waals surface area contributed by atoms with Gasteiger partial charge in [0.25, 0.3) is 0 Å². The van der Waals surface area contributed by atoms with Crippen LogP contribution in [0.15, 0.2) is 24.4 Å². The second-order valence-electron chi connectivity index (χ2n) is 4.25. The third kappa shape index (κ3) is 2.88. The summed E-state index contributed by atoms with van der Waals surface area (Å²) < 4.78 is 10.5. The SMILES string of the molecule is COc1cc(Nc2ncc(N)cc2C)c(OC)cc1Cl. The van der Waals surface area contributed by atoms with Crippen molar-refractivity contribution in [3.05, 3.63) is 35.0 Å². The number of nitrogens with one attached hydrogen (secondary N) is 1. The Balaban J connectivity index is 2.41. The number of rotatable bonds is 4. The molecule has 1 aromatic heterocycles. The van der Waals surface area contributed by atoms with Crippen molar-refractivity contribution in [2.75, 3.05) is 25.3 Å². The largest absolute Gasteiger partial charge is 0.495 e. The third-order valence-electron chi connectivity index (χ3n) is 2.83. The van der Waals surface area contributed by atoms with E-state index in [1.54, 1.807) is 32.5 Å². The van der Waals surface area contributed by atoms with E-state index in [0.29, 0.717) is 33.7 Å². The highest BCUT2D eigenvalue weighted by Crippen LogP contribution is 2.37. The second-order valence-corrected chi connectivity index (χ2v) is 4.65. The summed E-state index contributed by atoms with van der Waals surface area (Å²) in [6.45, 7) is 1.92. The molecule has 1 heterocycles. The Morgan fingerprint density at radius 3 is 2.45 bits per heavy atom. The van der Waals surface area contributed by atoms with Gasteiger partial charge < -0.3 is 20.5 Å². The lowest BCUT2D eigenvalue weighted by Crippen LogP contribution is -2.00. The molecule has 5 nitrogen and oxygen atoms in total. The van der Waals surface area contributed by atoms with Gasteiger partial charge in [0.1, 0.15) is 17.3 Å². The fourth-order valence-electron chi connectivity index (χ4n) is 1.81. The Kier molecular flexibility index (Phi) is 4.20. The molecule has 0 fully saturated rings. The molecule has 0 amide bonds. The Morgan fingerprint density at radius 2 is 1.85 bits per heavy atom. The van der Waals surface area contributed by atoms with Gasteiger partial charge in [0.2, 0.25) is 0 Å². The smallest absolute Gasteiger partial charge is 0.144 e. The molecule has 2 aromatic rings. The molecule has 0 aliphatic rings. The lowest BCUT2D eigenvalue weighted by Gasteiger charge is -2.14. The van der Waals surface area contributed by atoms with E-state index in [9.17, 15) is 0 Å². The van der Waals surface area contributed by atoms with Gasteiger partial charge >= 0.3 is 0 Å². The van der Waals surface area contributed by atoms with Crippen LogP contribution in [0.1, 0.15) is 5.56 Å². The molecule has 0 unspecified atom stereocenters. The van der Waals surface area contributed by atoms with Crippen LogP contribution in [0.5, 0.6) is 11.5 Å². The Morgan fingerprint density at radius 1 is 1.15 bits per heavy atom. The zero-order valence-corrected chi connectivity index (χ0v) is 12.3. The minimum atomic E-state index is 0.483. The monoisotopic (exact) mass is 293 g/mol. The number of anilines is 3.